The number of para-hydroxylation sites is 2. The van der Waals surface area contributed by atoms with Gasteiger partial charge in [0.05, 0.1) is 29.0 Å². The number of rotatable bonds is 4. The van der Waals surface area contributed by atoms with Crippen LogP contribution in [0.5, 0.6) is 0 Å². The van der Waals surface area contributed by atoms with Crippen LogP contribution in [0.25, 0.3) is 11.0 Å². The van der Waals surface area contributed by atoms with Gasteiger partial charge < -0.3 is 15.6 Å². The molecule has 1 fully saturated rings. The molecule has 2 aromatic heterocycles. The lowest BCUT2D eigenvalue weighted by molar-refractivity contribution is 0.0128. The minimum atomic E-state index is -3.01. The van der Waals surface area contributed by atoms with Crippen LogP contribution in [0.3, 0.4) is 0 Å². The van der Waals surface area contributed by atoms with Crippen molar-refractivity contribution in [3.63, 3.8) is 0 Å². The van der Waals surface area contributed by atoms with Crippen LogP contribution in [-0.2, 0) is 5.92 Å². The Morgan fingerprint density at radius 2 is 2.07 bits per heavy atom. The maximum absolute atomic E-state index is 13.3. The van der Waals surface area contributed by atoms with E-state index in [4.69, 9.17) is 4.98 Å². The zero-order chi connectivity index (χ0) is 21.3. The Hall–Kier alpha value is -3.07. The standard InChI is InChI=1S/C21H24F2N6O/c1-21(22,23)18-8-7-14(12-24-18)26-20(30)25-13-9-10-29(2)17(11-13)19-27-15-5-3-4-6-16(15)28-19/h3-8,12-13,17H,9-11H2,1-2H3,(H,27,28)(H2,25,26,30)/t13?,17-/m1/s1. The van der Waals surface area contributed by atoms with Gasteiger partial charge >= 0.3 is 6.03 Å². The molecule has 0 aliphatic carbocycles. The van der Waals surface area contributed by atoms with E-state index in [9.17, 15) is 13.6 Å². The molecule has 2 atom stereocenters. The molecule has 1 aliphatic rings. The van der Waals surface area contributed by atoms with Crippen molar-refractivity contribution in [3.8, 4) is 0 Å². The van der Waals surface area contributed by atoms with Crippen molar-refractivity contribution in [2.45, 2.75) is 37.8 Å². The van der Waals surface area contributed by atoms with Crippen molar-refractivity contribution in [2.75, 3.05) is 18.9 Å². The van der Waals surface area contributed by atoms with Gasteiger partial charge in [-0.1, -0.05) is 12.1 Å². The van der Waals surface area contributed by atoms with Crippen LogP contribution in [0.15, 0.2) is 42.6 Å². The van der Waals surface area contributed by atoms with Crippen LogP contribution in [0.1, 0.15) is 37.3 Å². The van der Waals surface area contributed by atoms with Gasteiger partial charge in [-0.05, 0) is 44.2 Å². The number of H-pyrrole nitrogens is 1. The van der Waals surface area contributed by atoms with Gasteiger partial charge in [-0.2, -0.15) is 8.78 Å². The summed E-state index contributed by atoms with van der Waals surface area (Å²) in [5, 5.41) is 5.63. The fourth-order valence-electron chi connectivity index (χ4n) is 3.74. The molecule has 0 radical (unpaired) electrons. The molecule has 9 heteroatoms. The quantitative estimate of drug-likeness (QED) is 0.602. The number of aromatic nitrogens is 3. The molecule has 1 aliphatic heterocycles. The molecule has 3 heterocycles. The number of benzene rings is 1. The second kappa shape index (κ2) is 7.98. The number of hydrogen-bond acceptors (Lipinski definition) is 4. The van der Waals surface area contributed by atoms with Gasteiger partial charge in [-0.25, -0.2) is 9.78 Å². The predicted molar refractivity (Wildman–Crippen MR) is 110 cm³/mol. The molecule has 4 rings (SSSR count). The summed E-state index contributed by atoms with van der Waals surface area (Å²) in [6.45, 7) is 1.60. The van der Waals surface area contributed by atoms with E-state index in [2.05, 4.69) is 25.5 Å². The molecule has 158 valence electrons. The summed E-state index contributed by atoms with van der Waals surface area (Å²) >= 11 is 0. The minimum absolute atomic E-state index is 0.0355. The second-order valence-corrected chi connectivity index (χ2v) is 7.78. The number of alkyl halides is 2. The lowest BCUT2D eigenvalue weighted by Gasteiger charge is -2.36. The highest BCUT2D eigenvalue weighted by atomic mass is 19.3. The van der Waals surface area contributed by atoms with Crippen molar-refractivity contribution in [2.24, 2.45) is 0 Å². The number of fused-ring (bicyclic) bond motifs is 1. The van der Waals surface area contributed by atoms with Crippen molar-refractivity contribution >= 4 is 22.8 Å². The number of nitrogens with one attached hydrogen (secondary N) is 3. The SMILES string of the molecule is CN1CCC(NC(=O)Nc2ccc(C(C)(F)F)nc2)C[C@@H]1c1nc2ccccc2[nH]1. The maximum atomic E-state index is 13.3. The van der Waals surface area contributed by atoms with Crippen LogP contribution < -0.4 is 10.6 Å². The predicted octanol–water partition coefficient (Wildman–Crippen LogP) is 4.03. The largest absolute Gasteiger partial charge is 0.341 e. The molecular formula is C21H24F2N6O. The normalized spacial score (nSPS) is 20.3. The molecule has 0 saturated carbocycles. The number of carbonyl (C=O) groups is 1. The molecule has 1 saturated heterocycles. The number of nitrogens with zero attached hydrogens (tertiary/aromatic N) is 3. The summed E-state index contributed by atoms with van der Waals surface area (Å²) in [4.78, 5) is 26.4. The summed E-state index contributed by atoms with van der Waals surface area (Å²) in [5.41, 5.74) is 1.93. The maximum Gasteiger partial charge on any atom is 0.319 e. The van der Waals surface area contributed by atoms with Crippen LogP contribution in [0.4, 0.5) is 19.3 Å². The summed E-state index contributed by atoms with van der Waals surface area (Å²) in [7, 11) is 2.05. The average molecular weight is 414 g/mol. The van der Waals surface area contributed by atoms with Gasteiger partial charge in [0.2, 0.25) is 0 Å². The second-order valence-electron chi connectivity index (χ2n) is 7.78. The van der Waals surface area contributed by atoms with E-state index < -0.39 is 5.92 Å². The fraction of sp³-hybridized carbons (Fsp3) is 0.381. The Bertz CT molecular complexity index is 997. The molecule has 7 nitrogen and oxygen atoms in total. The van der Waals surface area contributed by atoms with Crippen LogP contribution in [-0.4, -0.2) is 45.5 Å². The Labute approximate surface area is 172 Å². The highest BCUT2D eigenvalue weighted by molar-refractivity contribution is 5.89. The van der Waals surface area contributed by atoms with Crippen LogP contribution >= 0.6 is 0 Å². The fourth-order valence-corrected chi connectivity index (χ4v) is 3.74. The number of piperidine rings is 1. The number of carbonyl (C=O) groups excluding carboxylic acids is 1. The Morgan fingerprint density at radius 3 is 2.77 bits per heavy atom. The monoisotopic (exact) mass is 414 g/mol. The Balaban J connectivity index is 1.39. The minimum Gasteiger partial charge on any atom is -0.341 e. The molecule has 0 bridgehead atoms. The van der Waals surface area contributed by atoms with Gasteiger partial charge in [0, 0.05) is 19.5 Å². The molecule has 30 heavy (non-hydrogen) atoms. The number of aromatic amines is 1. The van der Waals surface area contributed by atoms with Crippen LogP contribution in [0, 0.1) is 0 Å². The molecule has 2 amide bonds. The summed E-state index contributed by atoms with van der Waals surface area (Å²) in [6, 6.07) is 10.2. The van der Waals surface area contributed by atoms with Crippen molar-refractivity contribution in [1.82, 2.24) is 25.2 Å². The number of amides is 2. The number of likely N-dealkylation sites (tertiary alicyclic amines) is 1. The third-order valence-corrected chi connectivity index (χ3v) is 5.40. The Kier molecular flexibility index (Phi) is 5.38. The number of imidazole rings is 1. The van der Waals surface area contributed by atoms with E-state index >= 15 is 0 Å². The van der Waals surface area contributed by atoms with E-state index in [1.807, 2.05) is 31.3 Å². The zero-order valence-electron chi connectivity index (χ0n) is 16.8. The number of halogens is 2. The summed E-state index contributed by atoms with van der Waals surface area (Å²) < 4.78 is 26.5. The molecule has 1 aromatic carbocycles. The lowest BCUT2D eigenvalue weighted by Crippen LogP contribution is -2.46. The van der Waals surface area contributed by atoms with E-state index in [1.165, 1.54) is 18.3 Å². The first kappa shape index (κ1) is 20.2. The first-order valence-electron chi connectivity index (χ1n) is 9.86. The first-order valence-corrected chi connectivity index (χ1v) is 9.86. The highest BCUT2D eigenvalue weighted by Crippen LogP contribution is 2.29. The first-order chi connectivity index (χ1) is 14.3. The highest BCUT2D eigenvalue weighted by Gasteiger charge is 2.30. The zero-order valence-corrected chi connectivity index (χ0v) is 16.8. The molecule has 1 unspecified atom stereocenters. The summed E-state index contributed by atoms with van der Waals surface area (Å²) in [5.74, 6) is -2.13. The van der Waals surface area contributed by atoms with Gasteiger partial charge in [-0.3, -0.25) is 9.88 Å². The molecular weight excluding hydrogens is 390 g/mol. The van der Waals surface area contributed by atoms with Gasteiger partial charge in [0.25, 0.3) is 5.92 Å². The van der Waals surface area contributed by atoms with E-state index in [-0.39, 0.29) is 23.8 Å². The molecule has 3 N–H and O–H groups in total. The smallest absolute Gasteiger partial charge is 0.319 e. The third-order valence-electron chi connectivity index (χ3n) is 5.40. The van der Waals surface area contributed by atoms with Crippen molar-refractivity contribution in [1.29, 1.82) is 0 Å². The van der Waals surface area contributed by atoms with Crippen molar-refractivity contribution in [3.05, 3.63) is 54.1 Å². The van der Waals surface area contributed by atoms with Gasteiger partial charge in [0.15, 0.2) is 0 Å². The number of anilines is 1. The van der Waals surface area contributed by atoms with E-state index in [0.717, 1.165) is 36.7 Å². The number of hydrogen-bond donors (Lipinski definition) is 3. The van der Waals surface area contributed by atoms with Crippen LogP contribution in [0.2, 0.25) is 0 Å². The van der Waals surface area contributed by atoms with Gasteiger partial charge in [0.1, 0.15) is 11.5 Å². The topological polar surface area (TPSA) is 85.9 Å². The van der Waals surface area contributed by atoms with Gasteiger partial charge in [-0.15, -0.1) is 0 Å². The number of urea groups is 1. The molecule has 0 spiro atoms. The third kappa shape index (κ3) is 4.40. The van der Waals surface area contributed by atoms with E-state index in [1.54, 1.807) is 0 Å². The average Bonchev–Trinajstić information content (AvgIpc) is 3.13. The molecule has 3 aromatic rings. The number of pyridine rings is 1. The van der Waals surface area contributed by atoms with Crippen molar-refractivity contribution < 1.29 is 13.6 Å². The van der Waals surface area contributed by atoms with E-state index in [0.29, 0.717) is 12.1 Å². The Morgan fingerprint density at radius 1 is 1.27 bits per heavy atom. The summed E-state index contributed by atoms with van der Waals surface area (Å²) in [6.07, 6.45) is 2.75. The lowest BCUT2D eigenvalue weighted by atomic mass is 9.97.